The van der Waals surface area contributed by atoms with Gasteiger partial charge in [-0.1, -0.05) is 18.6 Å². The molecule has 5 nitrogen and oxygen atoms in total. The fourth-order valence-electron chi connectivity index (χ4n) is 2.56. The number of rotatable bonds is 8. The maximum atomic E-state index is 12.3. The third kappa shape index (κ3) is 4.44. The number of benzene rings is 1. The van der Waals surface area contributed by atoms with Gasteiger partial charge in [0, 0.05) is 12.6 Å². The first-order chi connectivity index (χ1) is 10.2. The molecule has 0 heterocycles. The Morgan fingerprint density at radius 3 is 2.81 bits per heavy atom. The van der Waals surface area contributed by atoms with Gasteiger partial charge in [0.25, 0.3) is 0 Å². The minimum absolute atomic E-state index is 0.00317. The predicted molar refractivity (Wildman–Crippen MR) is 84.5 cm³/mol. The number of nitrogens with one attached hydrogen (secondary N) is 1. The molecule has 1 aliphatic rings. The van der Waals surface area contributed by atoms with Crippen LogP contribution in [0, 0.1) is 0 Å². The highest BCUT2D eigenvalue weighted by Crippen LogP contribution is 2.26. The molecular weight excluding hydrogens is 266 g/mol. The average Bonchev–Trinajstić information content (AvgIpc) is 2.43. The van der Waals surface area contributed by atoms with Gasteiger partial charge in [0.05, 0.1) is 19.3 Å². The summed E-state index contributed by atoms with van der Waals surface area (Å²) >= 11 is 0. The Bertz CT molecular complexity index is 461. The van der Waals surface area contributed by atoms with E-state index < -0.39 is 0 Å². The topological polar surface area (TPSA) is 67.6 Å². The predicted octanol–water partition coefficient (Wildman–Crippen LogP) is 1.84. The standard InChI is InChI=1S/C16H25N3O2/c1-21-15-9-3-2-8-14(15)18-16(20)12-19(11-5-10-17)13-6-4-7-13/h2-3,8-9,13H,4-7,10-12,17H2,1H3,(H,18,20). The van der Waals surface area contributed by atoms with Crippen molar-refractivity contribution in [3.8, 4) is 5.75 Å². The average molecular weight is 291 g/mol. The van der Waals surface area contributed by atoms with Gasteiger partial charge >= 0.3 is 0 Å². The Labute approximate surface area is 126 Å². The normalized spacial score (nSPS) is 14.8. The zero-order chi connectivity index (χ0) is 15.1. The molecule has 1 amide bonds. The van der Waals surface area contributed by atoms with E-state index in [0.29, 0.717) is 24.9 Å². The fourth-order valence-corrected chi connectivity index (χ4v) is 2.56. The lowest BCUT2D eigenvalue weighted by molar-refractivity contribution is -0.118. The van der Waals surface area contributed by atoms with Crippen LogP contribution in [0.1, 0.15) is 25.7 Å². The van der Waals surface area contributed by atoms with Gasteiger partial charge in [-0.15, -0.1) is 0 Å². The number of anilines is 1. The summed E-state index contributed by atoms with van der Waals surface area (Å²) in [5.41, 5.74) is 6.30. The van der Waals surface area contributed by atoms with E-state index in [1.807, 2.05) is 24.3 Å². The molecule has 1 aromatic rings. The van der Waals surface area contributed by atoms with Gasteiger partial charge in [-0.2, -0.15) is 0 Å². The van der Waals surface area contributed by atoms with E-state index in [1.54, 1.807) is 7.11 Å². The molecular formula is C16H25N3O2. The van der Waals surface area contributed by atoms with Crippen LogP contribution in [0.15, 0.2) is 24.3 Å². The molecule has 1 saturated carbocycles. The molecule has 116 valence electrons. The molecule has 0 spiro atoms. The van der Waals surface area contributed by atoms with Gasteiger partial charge in [0.15, 0.2) is 0 Å². The Hall–Kier alpha value is -1.59. The number of methoxy groups -OCH3 is 1. The Morgan fingerprint density at radius 2 is 2.19 bits per heavy atom. The third-order valence-corrected chi connectivity index (χ3v) is 3.97. The van der Waals surface area contributed by atoms with Crippen molar-refractivity contribution in [3.63, 3.8) is 0 Å². The van der Waals surface area contributed by atoms with Crippen LogP contribution in [0.3, 0.4) is 0 Å². The molecule has 0 aliphatic heterocycles. The van der Waals surface area contributed by atoms with E-state index in [4.69, 9.17) is 10.5 Å². The zero-order valence-electron chi connectivity index (χ0n) is 12.7. The number of nitrogens with two attached hydrogens (primary N) is 1. The van der Waals surface area contributed by atoms with Crippen molar-refractivity contribution in [2.45, 2.75) is 31.7 Å². The molecule has 1 fully saturated rings. The maximum absolute atomic E-state index is 12.3. The first kappa shape index (κ1) is 15.8. The van der Waals surface area contributed by atoms with Crippen molar-refractivity contribution in [2.75, 3.05) is 32.1 Å². The quantitative estimate of drug-likeness (QED) is 0.767. The first-order valence-corrected chi connectivity index (χ1v) is 7.61. The number of carbonyl (C=O) groups is 1. The number of para-hydroxylation sites is 2. The van der Waals surface area contributed by atoms with Crippen LogP contribution in [-0.2, 0) is 4.79 Å². The Kier molecular flexibility index (Phi) is 6.02. The molecule has 0 bridgehead atoms. The number of hydrogen-bond acceptors (Lipinski definition) is 4. The van der Waals surface area contributed by atoms with E-state index in [2.05, 4.69) is 10.2 Å². The lowest BCUT2D eigenvalue weighted by Gasteiger charge is -2.37. The molecule has 1 aromatic carbocycles. The second kappa shape index (κ2) is 8.00. The molecule has 0 radical (unpaired) electrons. The van der Waals surface area contributed by atoms with E-state index in [-0.39, 0.29) is 5.91 Å². The van der Waals surface area contributed by atoms with Crippen LogP contribution in [0.4, 0.5) is 5.69 Å². The van der Waals surface area contributed by atoms with E-state index in [1.165, 1.54) is 19.3 Å². The second-order valence-electron chi connectivity index (χ2n) is 5.45. The van der Waals surface area contributed by atoms with Crippen molar-refractivity contribution < 1.29 is 9.53 Å². The second-order valence-corrected chi connectivity index (χ2v) is 5.45. The van der Waals surface area contributed by atoms with Crippen LogP contribution in [-0.4, -0.2) is 43.6 Å². The van der Waals surface area contributed by atoms with E-state index >= 15 is 0 Å². The summed E-state index contributed by atoms with van der Waals surface area (Å²) in [5, 5.41) is 2.93. The fraction of sp³-hybridized carbons (Fsp3) is 0.562. The highest BCUT2D eigenvalue weighted by molar-refractivity contribution is 5.93. The van der Waals surface area contributed by atoms with Gasteiger partial charge in [-0.05, 0) is 37.9 Å². The summed E-state index contributed by atoms with van der Waals surface area (Å²) in [7, 11) is 1.60. The maximum Gasteiger partial charge on any atom is 0.238 e. The summed E-state index contributed by atoms with van der Waals surface area (Å²) in [5.74, 6) is 0.687. The smallest absolute Gasteiger partial charge is 0.238 e. The van der Waals surface area contributed by atoms with Crippen LogP contribution in [0.25, 0.3) is 0 Å². The number of amides is 1. The molecule has 0 unspecified atom stereocenters. The zero-order valence-corrected chi connectivity index (χ0v) is 12.7. The van der Waals surface area contributed by atoms with Gasteiger partial charge in [-0.25, -0.2) is 0 Å². The van der Waals surface area contributed by atoms with Crippen LogP contribution in [0.5, 0.6) is 5.75 Å². The lowest BCUT2D eigenvalue weighted by Crippen LogP contribution is -2.45. The number of nitrogens with zero attached hydrogens (tertiary/aromatic N) is 1. The van der Waals surface area contributed by atoms with Crippen molar-refractivity contribution in [3.05, 3.63) is 24.3 Å². The SMILES string of the molecule is COc1ccccc1NC(=O)CN(CCCN)C1CCC1. The summed E-state index contributed by atoms with van der Waals surface area (Å²) in [6, 6.07) is 8.00. The number of ether oxygens (including phenoxy) is 1. The Morgan fingerprint density at radius 1 is 1.43 bits per heavy atom. The van der Waals surface area contributed by atoms with Gasteiger partial charge in [0.1, 0.15) is 5.75 Å². The summed E-state index contributed by atoms with van der Waals surface area (Å²) in [6.45, 7) is 1.97. The molecule has 0 atom stereocenters. The molecule has 5 heteroatoms. The third-order valence-electron chi connectivity index (χ3n) is 3.97. The highest BCUT2D eigenvalue weighted by atomic mass is 16.5. The van der Waals surface area contributed by atoms with Crippen molar-refractivity contribution in [2.24, 2.45) is 5.73 Å². The van der Waals surface area contributed by atoms with Crippen molar-refractivity contribution >= 4 is 11.6 Å². The van der Waals surface area contributed by atoms with E-state index in [9.17, 15) is 4.79 Å². The molecule has 0 aromatic heterocycles. The first-order valence-electron chi connectivity index (χ1n) is 7.61. The molecule has 3 N–H and O–H groups in total. The van der Waals surface area contributed by atoms with Gasteiger partial charge in [-0.3, -0.25) is 9.69 Å². The lowest BCUT2D eigenvalue weighted by atomic mass is 9.91. The number of carbonyl (C=O) groups excluding carboxylic acids is 1. The minimum atomic E-state index is 0.00317. The van der Waals surface area contributed by atoms with Crippen molar-refractivity contribution in [1.29, 1.82) is 0 Å². The molecule has 2 rings (SSSR count). The molecule has 0 saturated heterocycles. The summed E-state index contributed by atoms with van der Waals surface area (Å²) in [4.78, 5) is 14.5. The van der Waals surface area contributed by atoms with Gasteiger partial charge in [0.2, 0.25) is 5.91 Å². The highest BCUT2D eigenvalue weighted by Gasteiger charge is 2.26. The minimum Gasteiger partial charge on any atom is -0.495 e. The molecule has 1 aliphatic carbocycles. The largest absolute Gasteiger partial charge is 0.495 e. The van der Waals surface area contributed by atoms with Crippen LogP contribution < -0.4 is 15.8 Å². The monoisotopic (exact) mass is 291 g/mol. The molecule has 21 heavy (non-hydrogen) atoms. The van der Waals surface area contributed by atoms with E-state index in [0.717, 1.165) is 18.7 Å². The Balaban J connectivity index is 1.91. The van der Waals surface area contributed by atoms with Crippen LogP contribution >= 0.6 is 0 Å². The number of hydrogen-bond donors (Lipinski definition) is 2. The van der Waals surface area contributed by atoms with Crippen LogP contribution in [0.2, 0.25) is 0 Å². The van der Waals surface area contributed by atoms with Crippen molar-refractivity contribution in [1.82, 2.24) is 4.90 Å². The van der Waals surface area contributed by atoms with Gasteiger partial charge < -0.3 is 15.8 Å². The summed E-state index contributed by atoms with van der Waals surface area (Å²) in [6.07, 6.45) is 4.56. The summed E-state index contributed by atoms with van der Waals surface area (Å²) < 4.78 is 5.25.